The van der Waals surface area contributed by atoms with Crippen LogP contribution in [-0.4, -0.2) is 45.7 Å². The second-order valence-corrected chi connectivity index (χ2v) is 5.48. The lowest BCUT2D eigenvalue weighted by molar-refractivity contribution is 0.0223. The van der Waals surface area contributed by atoms with Crippen LogP contribution in [0, 0.1) is 0 Å². The van der Waals surface area contributed by atoms with E-state index in [1.54, 1.807) is 4.90 Å². The number of rotatable bonds is 1. The molecule has 0 aromatic carbocycles. The van der Waals surface area contributed by atoms with Crippen LogP contribution in [0.3, 0.4) is 0 Å². The van der Waals surface area contributed by atoms with Crippen LogP contribution in [-0.2, 0) is 4.74 Å². The molecule has 1 amide bonds. The van der Waals surface area contributed by atoms with E-state index in [0.29, 0.717) is 18.3 Å². The van der Waals surface area contributed by atoms with E-state index in [9.17, 15) is 9.90 Å². The van der Waals surface area contributed by atoms with Crippen molar-refractivity contribution in [2.75, 3.05) is 11.9 Å². The van der Waals surface area contributed by atoms with Crippen molar-refractivity contribution in [2.24, 2.45) is 0 Å². The minimum atomic E-state index is -0.485. The summed E-state index contributed by atoms with van der Waals surface area (Å²) in [5.41, 5.74) is -0.485. The monoisotopic (exact) mass is 279 g/mol. The number of aliphatic hydroxyl groups is 1. The van der Waals surface area contributed by atoms with Crippen LogP contribution in [0.1, 0.15) is 27.2 Å². The van der Waals surface area contributed by atoms with Crippen molar-refractivity contribution < 1.29 is 14.6 Å². The summed E-state index contributed by atoms with van der Waals surface area (Å²) in [7, 11) is 0. The Morgan fingerprint density at radius 2 is 2.20 bits per heavy atom. The van der Waals surface area contributed by atoms with E-state index in [1.165, 1.54) is 0 Å². The third kappa shape index (κ3) is 3.65. The molecular weight excluding hydrogens is 262 g/mol. The predicted molar refractivity (Wildman–Crippen MR) is 61.1 cm³/mol. The molecule has 5 heteroatoms. The highest BCUT2D eigenvalue weighted by molar-refractivity contribution is 9.09. The maximum absolute atomic E-state index is 11.7. The lowest BCUT2D eigenvalue weighted by atomic mass is 10.2. The molecule has 0 spiro atoms. The fourth-order valence-electron chi connectivity index (χ4n) is 1.58. The fraction of sp³-hybridized carbons (Fsp3) is 0.900. The van der Waals surface area contributed by atoms with Crippen molar-refractivity contribution in [3.63, 3.8) is 0 Å². The van der Waals surface area contributed by atoms with Gasteiger partial charge in [0.05, 0.1) is 12.6 Å². The van der Waals surface area contributed by atoms with Gasteiger partial charge >= 0.3 is 6.09 Å². The summed E-state index contributed by atoms with van der Waals surface area (Å²) in [5, 5.41) is 10.1. The number of nitrogens with zero attached hydrogens (tertiary/aromatic N) is 1. The summed E-state index contributed by atoms with van der Waals surface area (Å²) in [6.45, 7) is 5.87. The van der Waals surface area contributed by atoms with Gasteiger partial charge in [0.25, 0.3) is 0 Å². The van der Waals surface area contributed by atoms with Crippen molar-refractivity contribution >= 4 is 22.0 Å². The molecule has 0 radical (unpaired) electrons. The summed E-state index contributed by atoms with van der Waals surface area (Å²) in [4.78, 5) is 13.3. The van der Waals surface area contributed by atoms with Gasteiger partial charge < -0.3 is 14.7 Å². The number of aliphatic hydroxyl groups excluding tert-OH is 1. The maximum Gasteiger partial charge on any atom is 0.410 e. The van der Waals surface area contributed by atoms with Gasteiger partial charge in [-0.25, -0.2) is 4.79 Å². The molecular formula is C10H18BrNO3. The summed E-state index contributed by atoms with van der Waals surface area (Å²) in [6, 6.07) is 0.0369. The largest absolute Gasteiger partial charge is 0.444 e. The smallest absolute Gasteiger partial charge is 0.410 e. The third-order valence-electron chi connectivity index (χ3n) is 2.20. The Labute approximate surface area is 98.7 Å². The Balaban J connectivity index is 2.59. The number of amides is 1. The molecule has 0 bridgehead atoms. The first kappa shape index (κ1) is 12.8. The highest BCUT2D eigenvalue weighted by Gasteiger charge is 2.35. The van der Waals surface area contributed by atoms with E-state index in [0.717, 1.165) is 0 Å². The average molecular weight is 280 g/mol. The first-order valence-electron chi connectivity index (χ1n) is 5.07. The zero-order valence-corrected chi connectivity index (χ0v) is 11.0. The number of halogens is 1. The number of β-amino-alcohol motifs (C(OH)–C–C–N with tert-alkyl or cyclic N) is 1. The highest BCUT2D eigenvalue weighted by atomic mass is 79.9. The van der Waals surface area contributed by atoms with Crippen LogP contribution >= 0.6 is 15.9 Å². The first-order chi connectivity index (χ1) is 6.83. The van der Waals surface area contributed by atoms with Gasteiger partial charge in [0.15, 0.2) is 0 Å². The maximum atomic E-state index is 11.7. The highest BCUT2D eigenvalue weighted by Crippen LogP contribution is 2.22. The number of hydrogen-bond donors (Lipinski definition) is 1. The van der Waals surface area contributed by atoms with Crippen molar-refractivity contribution in [1.82, 2.24) is 4.90 Å². The quantitative estimate of drug-likeness (QED) is 0.744. The van der Waals surface area contributed by atoms with E-state index >= 15 is 0 Å². The Bertz CT molecular complexity index is 239. The second kappa shape index (κ2) is 4.70. The molecule has 0 unspecified atom stereocenters. The Kier molecular flexibility index (Phi) is 4.00. The van der Waals surface area contributed by atoms with Crippen LogP contribution in [0.4, 0.5) is 4.79 Å². The molecule has 2 atom stereocenters. The molecule has 15 heavy (non-hydrogen) atoms. The van der Waals surface area contributed by atoms with Crippen LogP contribution in [0.15, 0.2) is 0 Å². The van der Waals surface area contributed by atoms with E-state index < -0.39 is 11.7 Å². The number of ether oxygens (including phenoxy) is 1. The van der Waals surface area contributed by atoms with Crippen molar-refractivity contribution in [3.05, 3.63) is 0 Å². The molecule has 1 aliphatic rings. The van der Waals surface area contributed by atoms with Gasteiger partial charge in [0.1, 0.15) is 5.60 Å². The molecule has 0 aromatic heterocycles. The molecule has 4 nitrogen and oxygen atoms in total. The van der Waals surface area contributed by atoms with Crippen molar-refractivity contribution in [2.45, 2.75) is 44.9 Å². The Morgan fingerprint density at radius 1 is 1.60 bits per heavy atom. The minimum Gasteiger partial charge on any atom is -0.444 e. The first-order valence-corrected chi connectivity index (χ1v) is 6.19. The van der Waals surface area contributed by atoms with Crippen molar-refractivity contribution in [1.29, 1.82) is 0 Å². The van der Waals surface area contributed by atoms with Gasteiger partial charge in [-0.1, -0.05) is 15.9 Å². The van der Waals surface area contributed by atoms with Crippen LogP contribution < -0.4 is 0 Å². The number of hydrogen-bond acceptors (Lipinski definition) is 3. The van der Waals surface area contributed by atoms with Gasteiger partial charge in [-0.2, -0.15) is 0 Å². The minimum absolute atomic E-state index is 0.0369. The second-order valence-electron chi connectivity index (χ2n) is 4.83. The Hall–Kier alpha value is -0.290. The average Bonchev–Trinajstić information content (AvgIpc) is 2.43. The lowest BCUT2D eigenvalue weighted by Crippen LogP contribution is -2.40. The standard InChI is InChI=1S/C10H18BrNO3/c1-10(2,3)15-9(14)12-6-8(13)4-7(12)5-11/h7-8,13H,4-6H2,1-3H3/t7-,8+/m0/s1. The number of carbonyl (C=O) groups excluding carboxylic acids is 1. The van der Waals surface area contributed by atoms with Gasteiger partial charge in [-0.05, 0) is 27.2 Å². The molecule has 1 heterocycles. The molecule has 0 saturated carbocycles. The van der Waals surface area contributed by atoms with E-state index in [2.05, 4.69) is 15.9 Å². The topological polar surface area (TPSA) is 49.8 Å². The van der Waals surface area contributed by atoms with Crippen molar-refractivity contribution in [3.8, 4) is 0 Å². The summed E-state index contributed by atoms with van der Waals surface area (Å²) >= 11 is 3.33. The van der Waals surface area contributed by atoms with Gasteiger partial charge in [0, 0.05) is 11.4 Å². The van der Waals surface area contributed by atoms with Gasteiger partial charge in [-0.3, -0.25) is 0 Å². The SMILES string of the molecule is CC(C)(C)OC(=O)N1C[C@H](O)C[C@H]1CBr. The van der Waals surface area contributed by atoms with Crippen LogP contribution in [0.2, 0.25) is 0 Å². The molecule has 0 aromatic rings. The summed E-state index contributed by atoms with van der Waals surface area (Å²) < 4.78 is 5.26. The number of likely N-dealkylation sites (tertiary alicyclic amines) is 1. The van der Waals surface area contributed by atoms with Crippen LogP contribution in [0.5, 0.6) is 0 Å². The van der Waals surface area contributed by atoms with Gasteiger partial charge in [-0.15, -0.1) is 0 Å². The molecule has 1 saturated heterocycles. The zero-order valence-electron chi connectivity index (χ0n) is 9.36. The molecule has 88 valence electrons. The Morgan fingerprint density at radius 3 is 2.67 bits per heavy atom. The summed E-state index contributed by atoms with van der Waals surface area (Å²) in [5.74, 6) is 0. The van der Waals surface area contributed by atoms with E-state index in [-0.39, 0.29) is 12.1 Å². The molecule has 1 aliphatic heterocycles. The normalized spacial score (nSPS) is 26.9. The van der Waals surface area contributed by atoms with Gasteiger partial charge in [0.2, 0.25) is 0 Å². The molecule has 1 fully saturated rings. The van der Waals surface area contributed by atoms with E-state index in [4.69, 9.17) is 4.74 Å². The number of carbonyl (C=O) groups is 1. The summed E-state index contributed by atoms with van der Waals surface area (Å²) in [6.07, 6.45) is -0.159. The third-order valence-corrected chi connectivity index (χ3v) is 2.95. The van der Waals surface area contributed by atoms with Crippen LogP contribution in [0.25, 0.3) is 0 Å². The molecule has 1 N–H and O–H groups in total. The fourth-order valence-corrected chi connectivity index (χ4v) is 2.20. The lowest BCUT2D eigenvalue weighted by Gasteiger charge is -2.27. The van der Waals surface area contributed by atoms with E-state index in [1.807, 2.05) is 20.8 Å². The molecule has 0 aliphatic carbocycles. The predicted octanol–water partition coefficient (Wildman–Crippen LogP) is 1.75. The molecule has 1 rings (SSSR count). The zero-order chi connectivity index (χ0) is 11.6. The number of alkyl halides is 1.